The van der Waals surface area contributed by atoms with Crippen molar-refractivity contribution in [2.45, 2.75) is 44.3 Å². The Morgan fingerprint density at radius 2 is 2.00 bits per heavy atom. The summed E-state index contributed by atoms with van der Waals surface area (Å²) >= 11 is 6.22. The van der Waals surface area contributed by atoms with Crippen LogP contribution in [-0.2, 0) is 5.41 Å². The maximum absolute atomic E-state index is 13.1. The van der Waals surface area contributed by atoms with Crippen LogP contribution in [0.15, 0.2) is 18.2 Å². The first-order valence-corrected chi connectivity index (χ1v) is 6.05. The number of halogens is 2. The Bertz CT molecular complexity index is 397. The van der Waals surface area contributed by atoms with Gasteiger partial charge in [-0.2, -0.15) is 0 Å². The second-order valence-corrected chi connectivity index (χ2v) is 5.21. The Morgan fingerprint density at radius 3 is 2.38 bits per heavy atom. The summed E-state index contributed by atoms with van der Waals surface area (Å²) in [6.07, 6.45) is 1.18. The molecule has 0 spiro atoms. The largest absolute Gasteiger partial charge is 0.327 e. The standard InChI is InChI=1S/C13H17ClFN/c1-8(15)10-3-4-11(12(14)7-10)13(5-6-13)9(2)16/h3-4,7-9H,5-6,16H2,1-2H3. The van der Waals surface area contributed by atoms with E-state index in [1.54, 1.807) is 6.07 Å². The van der Waals surface area contributed by atoms with Crippen molar-refractivity contribution in [1.82, 2.24) is 0 Å². The van der Waals surface area contributed by atoms with E-state index >= 15 is 0 Å². The van der Waals surface area contributed by atoms with Crippen LogP contribution < -0.4 is 5.73 Å². The van der Waals surface area contributed by atoms with E-state index in [2.05, 4.69) is 0 Å². The van der Waals surface area contributed by atoms with Gasteiger partial charge >= 0.3 is 0 Å². The average molecular weight is 242 g/mol. The van der Waals surface area contributed by atoms with Gasteiger partial charge in [-0.25, -0.2) is 4.39 Å². The fraction of sp³-hybridized carbons (Fsp3) is 0.538. The SMILES string of the molecule is CC(F)c1ccc(C2(C(C)N)CC2)c(Cl)c1. The predicted molar refractivity (Wildman–Crippen MR) is 65.5 cm³/mol. The Morgan fingerprint density at radius 1 is 1.38 bits per heavy atom. The van der Waals surface area contributed by atoms with Gasteiger partial charge in [0.25, 0.3) is 0 Å². The third kappa shape index (κ3) is 1.85. The van der Waals surface area contributed by atoms with Gasteiger partial charge < -0.3 is 5.73 Å². The molecule has 2 atom stereocenters. The molecule has 1 aromatic carbocycles. The summed E-state index contributed by atoms with van der Waals surface area (Å²) in [7, 11) is 0. The molecule has 88 valence electrons. The van der Waals surface area contributed by atoms with Crippen molar-refractivity contribution in [3.8, 4) is 0 Å². The molecule has 1 aliphatic carbocycles. The Kier molecular flexibility index (Phi) is 2.97. The van der Waals surface area contributed by atoms with E-state index in [-0.39, 0.29) is 11.5 Å². The number of benzene rings is 1. The number of hydrogen-bond donors (Lipinski definition) is 1. The summed E-state index contributed by atoms with van der Waals surface area (Å²) in [5.74, 6) is 0. The van der Waals surface area contributed by atoms with E-state index < -0.39 is 6.17 Å². The normalized spacial score (nSPS) is 21.6. The Balaban J connectivity index is 2.37. The van der Waals surface area contributed by atoms with E-state index in [9.17, 15) is 4.39 Å². The highest BCUT2D eigenvalue weighted by atomic mass is 35.5. The minimum Gasteiger partial charge on any atom is -0.327 e. The molecule has 0 aliphatic heterocycles. The van der Waals surface area contributed by atoms with Gasteiger partial charge in [-0.05, 0) is 43.9 Å². The first-order valence-electron chi connectivity index (χ1n) is 5.67. The van der Waals surface area contributed by atoms with Gasteiger partial charge in [-0.15, -0.1) is 0 Å². The van der Waals surface area contributed by atoms with Crippen molar-refractivity contribution in [2.24, 2.45) is 5.73 Å². The van der Waals surface area contributed by atoms with Crippen LogP contribution in [0.3, 0.4) is 0 Å². The molecule has 1 nitrogen and oxygen atoms in total. The molecule has 0 radical (unpaired) electrons. The van der Waals surface area contributed by atoms with E-state index in [0.29, 0.717) is 10.6 Å². The lowest BCUT2D eigenvalue weighted by atomic mass is 9.88. The zero-order valence-corrected chi connectivity index (χ0v) is 10.4. The van der Waals surface area contributed by atoms with Crippen LogP contribution in [0.4, 0.5) is 4.39 Å². The van der Waals surface area contributed by atoms with Crippen LogP contribution in [0, 0.1) is 0 Å². The Labute approximate surface area is 101 Å². The van der Waals surface area contributed by atoms with Crippen molar-refractivity contribution in [3.05, 3.63) is 34.3 Å². The summed E-state index contributed by atoms with van der Waals surface area (Å²) in [5.41, 5.74) is 7.75. The average Bonchev–Trinajstić information content (AvgIpc) is 2.98. The molecular formula is C13H17ClFN. The zero-order valence-electron chi connectivity index (χ0n) is 9.63. The van der Waals surface area contributed by atoms with Crippen LogP contribution in [-0.4, -0.2) is 6.04 Å². The number of alkyl halides is 1. The molecule has 1 aliphatic rings. The lowest BCUT2D eigenvalue weighted by Gasteiger charge is -2.22. The number of rotatable bonds is 3. The fourth-order valence-electron chi connectivity index (χ4n) is 2.29. The molecular weight excluding hydrogens is 225 g/mol. The molecule has 2 rings (SSSR count). The first kappa shape index (κ1) is 11.9. The molecule has 0 aromatic heterocycles. The minimum absolute atomic E-state index is 0.0369. The second kappa shape index (κ2) is 4.01. The summed E-state index contributed by atoms with van der Waals surface area (Å²) in [6.45, 7) is 3.53. The van der Waals surface area contributed by atoms with E-state index in [4.69, 9.17) is 17.3 Å². The molecule has 1 fully saturated rings. The lowest BCUT2D eigenvalue weighted by molar-refractivity contribution is 0.374. The van der Waals surface area contributed by atoms with Crippen molar-refractivity contribution < 1.29 is 4.39 Å². The van der Waals surface area contributed by atoms with Crippen molar-refractivity contribution in [3.63, 3.8) is 0 Å². The van der Waals surface area contributed by atoms with Gasteiger partial charge in [0.05, 0.1) is 0 Å². The summed E-state index contributed by atoms with van der Waals surface area (Å²) < 4.78 is 13.1. The molecule has 0 bridgehead atoms. The van der Waals surface area contributed by atoms with Crippen molar-refractivity contribution >= 4 is 11.6 Å². The monoisotopic (exact) mass is 241 g/mol. The first-order chi connectivity index (χ1) is 7.47. The van der Waals surface area contributed by atoms with E-state index in [1.165, 1.54) is 6.92 Å². The van der Waals surface area contributed by atoms with Gasteiger partial charge in [-0.3, -0.25) is 0 Å². The zero-order chi connectivity index (χ0) is 11.9. The minimum atomic E-state index is -0.975. The number of nitrogens with two attached hydrogens (primary N) is 1. The highest BCUT2D eigenvalue weighted by Crippen LogP contribution is 2.52. The molecule has 1 aromatic rings. The molecule has 2 N–H and O–H groups in total. The Hall–Kier alpha value is -0.600. The maximum Gasteiger partial charge on any atom is 0.122 e. The molecule has 0 amide bonds. The van der Waals surface area contributed by atoms with E-state index in [0.717, 1.165) is 18.4 Å². The maximum atomic E-state index is 13.1. The smallest absolute Gasteiger partial charge is 0.122 e. The molecule has 0 heterocycles. The third-order valence-electron chi connectivity index (χ3n) is 3.65. The van der Waals surface area contributed by atoms with Gasteiger partial charge in [0.15, 0.2) is 0 Å². The topological polar surface area (TPSA) is 26.0 Å². The molecule has 1 saturated carbocycles. The van der Waals surface area contributed by atoms with Gasteiger partial charge in [0.1, 0.15) is 6.17 Å². The molecule has 3 heteroatoms. The molecule has 2 unspecified atom stereocenters. The van der Waals surface area contributed by atoms with Gasteiger partial charge in [0.2, 0.25) is 0 Å². The third-order valence-corrected chi connectivity index (χ3v) is 3.96. The van der Waals surface area contributed by atoms with Crippen molar-refractivity contribution in [1.29, 1.82) is 0 Å². The highest BCUT2D eigenvalue weighted by molar-refractivity contribution is 6.31. The van der Waals surface area contributed by atoms with Crippen LogP contribution >= 0.6 is 11.6 Å². The predicted octanol–water partition coefficient (Wildman–Crippen LogP) is 3.75. The second-order valence-electron chi connectivity index (χ2n) is 4.80. The van der Waals surface area contributed by atoms with Gasteiger partial charge in [-0.1, -0.05) is 23.7 Å². The summed E-state index contributed by atoms with van der Waals surface area (Å²) in [4.78, 5) is 0. The fourth-order valence-corrected chi connectivity index (χ4v) is 2.66. The lowest BCUT2D eigenvalue weighted by Crippen LogP contribution is -2.31. The van der Waals surface area contributed by atoms with Crippen LogP contribution in [0.5, 0.6) is 0 Å². The molecule has 16 heavy (non-hydrogen) atoms. The number of hydrogen-bond acceptors (Lipinski definition) is 1. The molecule has 0 saturated heterocycles. The van der Waals surface area contributed by atoms with Gasteiger partial charge in [0, 0.05) is 16.5 Å². The summed E-state index contributed by atoms with van der Waals surface area (Å²) in [6, 6.07) is 5.57. The van der Waals surface area contributed by atoms with Crippen molar-refractivity contribution in [2.75, 3.05) is 0 Å². The van der Waals surface area contributed by atoms with Crippen LogP contribution in [0.1, 0.15) is 44.0 Å². The van der Waals surface area contributed by atoms with Crippen LogP contribution in [0.2, 0.25) is 5.02 Å². The summed E-state index contributed by atoms with van der Waals surface area (Å²) in [5, 5.41) is 0.650. The van der Waals surface area contributed by atoms with E-state index in [1.807, 2.05) is 19.1 Å². The quantitative estimate of drug-likeness (QED) is 0.857. The highest BCUT2D eigenvalue weighted by Gasteiger charge is 2.48. The van der Waals surface area contributed by atoms with Crippen LogP contribution in [0.25, 0.3) is 0 Å².